The SMILES string of the molecule is CCNC(c1ccc(F)c(F)c1)c1sccc1OC. The van der Waals surface area contributed by atoms with E-state index in [1.807, 2.05) is 18.4 Å². The highest BCUT2D eigenvalue weighted by Crippen LogP contribution is 2.35. The van der Waals surface area contributed by atoms with E-state index >= 15 is 0 Å². The highest BCUT2D eigenvalue weighted by Gasteiger charge is 2.20. The van der Waals surface area contributed by atoms with Gasteiger partial charge in [-0.15, -0.1) is 11.3 Å². The highest BCUT2D eigenvalue weighted by molar-refractivity contribution is 7.10. The van der Waals surface area contributed by atoms with E-state index in [9.17, 15) is 8.78 Å². The van der Waals surface area contributed by atoms with Gasteiger partial charge in [-0.3, -0.25) is 0 Å². The van der Waals surface area contributed by atoms with Crippen LogP contribution in [0.4, 0.5) is 8.78 Å². The Morgan fingerprint density at radius 3 is 2.68 bits per heavy atom. The summed E-state index contributed by atoms with van der Waals surface area (Å²) in [4.78, 5) is 0.954. The predicted octanol–water partition coefficient (Wildman–Crippen LogP) is 3.73. The van der Waals surface area contributed by atoms with Crippen LogP contribution in [-0.2, 0) is 0 Å². The quantitative estimate of drug-likeness (QED) is 0.902. The van der Waals surface area contributed by atoms with E-state index in [0.717, 1.165) is 16.7 Å². The molecule has 102 valence electrons. The van der Waals surface area contributed by atoms with E-state index < -0.39 is 11.6 Å². The molecule has 2 rings (SSSR count). The lowest BCUT2D eigenvalue weighted by atomic mass is 10.0. The molecule has 1 aromatic carbocycles. The standard InChI is InChI=1S/C14H15F2NOS/c1-3-17-13(14-12(18-2)6-7-19-14)9-4-5-10(15)11(16)8-9/h4-8,13,17H,3H2,1-2H3. The molecule has 0 fully saturated rings. The lowest BCUT2D eigenvalue weighted by Gasteiger charge is -2.18. The second-order valence-corrected chi connectivity index (χ2v) is 4.97. The first-order valence-electron chi connectivity index (χ1n) is 5.97. The molecule has 0 bridgehead atoms. The van der Waals surface area contributed by atoms with Crippen molar-refractivity contribution in [2.75, 3.05) is 13.7 Å². The second-order valence-electron chi connectivity index (χ2n) is 4.02. The summed E-state index contributed by atoms with van der Waals surface area (Å²) in [6.45, 7) is 2.68. The molecular formula is C14H15F2NOS. The summed E-state index contributed by atoms with van der Waals surface area (Å²) in [5, 5.41) is 5.18. The van der Waals surface area contributed by atoms with Crippen molar-refractivity contribution in [1.82, 2.24) is 5.32 Å². The maximum atomic E-state index is 13.4. The van der Waals surface area contributed by atoms with E-state index in [2.05, 4.69) is 5.32 Å². The third-order valence-corrected chi connectivity index (χ3v) is 3.79. The van der Waals surface area contributed by atoms with Gasteiger partial charge >= 0.3 is 0 Å². The molecular weight excluding hydrogens is 268 g/mol. The van der Waals surface area contributed by atoms with Crippen LogP contribution >= 0.6 is 11.3 Å². The van der Waals surface area contributed by atoms with Crippen LogP contribution in [-0.4, -0.2) is 13.7 Å². The minimum Gasteiger partial charge on any atom is -0.496 e. The van der Waals surface area contributed by atoms with Crippen molar-refractivity contribution < 1.29 is 13.5 Å². The van der Waals surface area contributed by atoms with Crippen LogP contribution in [0.1, 0.15) is 23.4 Å². The first-order chi connectivity index (χ1) is 9.17. The molecule has 0 aliphatic carbocycles. The van der Waals surface area contributed by atoms with Crippen molar-refractivity contribution in [3.05, 3.63) is 51.7 Å². The molecule has 0 amide bonds. The minimum absolute atomic E-state index is 0.199. The molecule has 0 radical (unpaired) electrons. The van der Waals surface area contributed by atoms with Crippen molar-refractivity contribution in [2.45, 2.75) is 13.0 Å². The molecule has 5 heteroatoms. The van der Waals surface area contributed by atoms with Crippen LogP contribution in [0.15, 0.2) is 29.6 Å². The van der Waals surface area contributed by atoms with E-state index in [-0.39, 0.29) is 6.04 Å². The van der Waals surface area contributed by atoms with Crippen molar-refractivity contribution >= 4 is 11.3 Å². The lowest BCUT2D eigenvalue weighted by Crippen LogP contribution is -2.21. The smallest absolute Gasteiger partial charge is 0.159 e. The largest absolute Gasteiger partial charge is 0.496 e. The summed E-state index contributed by atoms with van der Waals surface area (Å²) in [7, 11) is 1.60. The molecule has 0 aliphatic rings. The Bertz CT molecular complexity index is 556. The summed E-state index contributed by atoms with van der Waals surface area (Å²) >= 11 is 1.52. The molecule has 2 nitrogen and oxygen atoms in total. The van der Waals surface area contributed by atoms with Gasteiger partial charge < -0.3 is 10.1 Å². The number of nitrogens with one attached hydrogen (secondary N) is 1. The average Bonchev–Trinajstić information content (AvgIpc) is 2.87. The van der Waals surface area contributed by atoms with Crippen LogP contribution in [0.25, 0.3) is 0 Å². The Labute approximate surface area is 115 Å². The number of methoxy groups -OCH3 is 1. The Morgan fingerprint density at radius 2 is 2.05 bits per heavy atom. The maximum Gasteiger partial charge on any atom is 0.159 e. The third kappa shape index (κ3) is 2.93. The zero-order chi connectivity index (χ0) is 13.8. The van der Waals surface area contributed by atoms with Crippen LogP contribution in [0.3, 0.4) is 0 Å². The fraction of sp³-hybridized carbons (Fsp3) is 0.286. The fourth-order valence-corrected chi connectivity index (χ4v) is 2.91. The van der Waals surface area contributed by atoms with Crippen LogP contribution in [0.2, 0.25) is 0 Å². The predicted molar refractivity (Wildman–Crippen MR) is 72.7 cm³/mol. The molecule has 0 saturated carbocycles. The second kappa shape index (κ2) is 6.12. The van der Waals surface area contributed by atoms with Gasteiger partial charge in [0.2, 0.25) is 0 Å². The lowest BCUT2D eigenvalue weighted by molar-refractivity contribution is 0.407. The molecule has 0 spiro atoms. The number of halogens is 2. The molecule has 1 atom stereocenters. The summed E-state index contributed by atoms with van der Waals surface area (Å²) in [5.41, 5.74) is 0.682. The van der Waals surface area contributed by atoms with E-state index in [4.69, 9.17) is 4.74 Å². The molecule has 0 saturated heterocycles. The summed E-state index contributed by atoms with van der Waals surface area (Å²) < 4.78 is 31.7. The van der Waals surface area contributed by atoms with E-state index in [1.165, 1.54) is 17.4 Å². The maximum absolute atomic E-state index is 13.4. The van der Waals surface area contributed by atoms with Gasteiger partial charge in [0, 0.05) is 0 Å². The van der Waals surface area contributed by atoms with Crippen molar-refractivity contribution in [3.8, 4) is 5.75 Å². The molecule has 1 heterocycles. The Kier molecular flexibility index (Phi) is 4.50. The highest BCUT2D eigenvalue weighted by atomic mass is 32.1. The molecule has 1 N–H and O–H groups in total. The van der Waals surface area contributed by atoms with Crippen molar-refractivity contribution in [2.24, 2.45) is 0 Å². The van der Waals surface area contributed by atoms with Crippen molar-refractivity contribution in [3.63, 3.8) is 0 Å². The zero-order valence-corrected chi connectivity index (χ0v) is 11.6. The third-order valence-electron chi connectivity index (χ3n) is 2.82. The van der Waals surface area contributed by atoms with Gasteiger partial charge in [-0.05, 0) is 35.7 Å². The number of ether oxygens (including phenoxy) is 1. The first kappa shape index (κ1) is 14.0. The van der Waals surface area contributed by atoms with Gasteiger partial charge in [0.25, 0.3) is 0 Å². The van der Waals surface area contributed by atoms with Crippen LogP contribution in [0.5, 0.6) is 5.75 Å². The van der Waals surface area contributed by atoms with Crippen LogP contribution < -0.4 is 10.1 Å². The van der Waals surface area contributed by atoms with Gasteiger partial charge in [0.05, 0.1) is 18.0 Å². The van der Waals surface area contributed by atoms with Crippen molar-refractivity contribution in [1.29, 1.82) is 0 Å². The zero-order valence-electron chi connectivity index (χ0n) is 10.7. The molecule has 1 aromatic heterocycles. The number of hydrogen-bond donors (Lipinski definition) is 1. The number of hydrogen-bond acceptors (Lipinski definition) is 3. The van der Waals surface area contributed by atoms with Gasteiger partial charge in [0.15, 0.2) is 11.6 Å². The van der Waals surface area contributed by atoms with E-state index in [0.29, 0.717) is 12.1 Å². The summed E-state index contributed by atoms with van der Waals surface area (Å²) in [6.07, 6.45) is 0. The van der Waals surface area contributed by atoms with Gasteiger partial charge in [-0.1, -0.05) is 13.0 Å². The normalized spacial score (nSPS) is 12.4. The molecule has 19 heavy (non-hydrogen) atoms. The summed E-state index contributed by atoms with van der Waals surface area (Å²) in [5.74, 6) is -0.922. The minimum atomic E-state index is -0.837. The Morgan fingerprint density at radius 1 is 1.26 bits per heavy atom. The molecule has 2 aromatic rings. The molecule has 1 unspecified atom stereocenters. The summed E-state index contributed by atoms with van der Waals surface area (Å²) in [6, 6.07) is 5.63. The fourth-order valence-electron chi connectivity index (χ4n) is 1.95. The van der Waals surface area contributed by atoms with Gasteiger partial charge in [0.1, 0.15) is 5.75 Å². The number of rotatable bonds is 5. The molecule has 0 aliphatic heterocycles. The van der Waals surface area contributed by atoms with Gasteiger partial charge in [-0.2, -0.15) is 0 Å². The van der Waals surface area contributed by atoms with Gasteiger partial charge in [-0.25, -0.2) is 8.78 Å². The van der Waals surface area contributed by atoms with E-state index in [1.54, 1.807) is 13.2 Å². The Hall–Kier alpha value is -1.46. The topological polar surface area (TPSA) is 21.3 Å². The average molecular weight is 283 g/mol. The number of benzene rings is 1. The monoisotopic (exact) mass is 283 g/mol. The Balaban J connectivity index is 2.42. The number of thiophene rings is 1. The first-order valence-corrected chi connectivity index (χ1v) is 6.85. The van der Waals surface area contributed by atoms with Crippen LogP contribution in [0, 0.1) is 11.6 Å².